The third-order valence-electron chi connectivity index (χ3n) is 3.64. The molecule has 2 aromatic rings. The molecule has 1 aliphatic heterocycles. The van der Waals surface area contributed by atoms with E-state index in [4.69, 9.17) is 4.42 Å². The predicted molar refractivity (Wildman–Crippen MR) is 79.5 cm³/mol. The number of nitrogens with zero attached hydrogens (tertiary/aromatic N) is 3. The Morgan fingerprint density at radius 1 is 1.27 bits per heavy atom. The fraction of sp³-hybridized carbons (Fsp3) is 0.250. The number of hydrogen-bond acceptors (Lipinski definition) is 5. The van der Waals surface area contributed by atoms with Gasteiger partial charge in [0.05, 0.1) is 11.3 Å². The molecule has 3 heterocycles. The molecular weight excluding hydrogens is 282 g/mol. The monoisotopic (exact) mass is 297 g/mol. The maximum atomic E-state index is 12.8. The highest BCUT2D eigenvalue weighted by molar-refractivity contribution is 6.31. The van der Waals surface area contributed by atoms with Crippen LogP contribution in [0, 0.1) is 19.8 Å². The van der Waals surface area contributed by atoms with Gasteiger partial charge in [-0.05, 0) is 32.0 Å². The SMILES string of the molecule is Cc1cc(C(=O)[C@@H]2C(=O)N(C)N=C2c2ccncc2)c(C)o1. The van der Waals surface area contributed by atoms with E-state index in [2.05, 4.69) is 10.1 Å². The predicted octanol–water partition coefficient (Wildman–Crippen LogP) is 1.97. The average molecular weight is 297 g/mol. The number of carbonyl (C=O) groups is 2. The molecule has 0 spiro atoms. The summed E-state index contributed by atoms with van der Waals surface area (Å²) in [7, 11) is 1.55. The molecule has 0 N–H and O–H groups in total. The van der Waals surface area contributed by atoms with Crippen molar-refractivity contribution < 1.29 is 14.0 Å². The summed E-state index contributed by atoms with van der Waals surface area (Å²) in [5.41, 5.74) is 1.58. The van der Waals surface area contributed by atoms with Gasteiger partial charge in [-0.2, -0.15) is 5.10 Å². The zero-order chi connectivity index (χ0) is 15.9. The zero-order valence-electron chi connectivity index (χ0n) is 12.5. The molecule has 0 saturated carbocycles. The maximum absolute atomic E-state index is 12.8. The van der Waals surface area contributed by atoms with E-state index in [-0.39, 0.29) is 11.7 Å². The van der Waals surface area contributed by atoms with E-state index in [1.54, 1.807) is 51.5 Å². The van der Waals surface area contributed by atoms with Crippen molar-refractivity contribution in [2.75, 3.05) is 7.05 Å². The Bertz CT molecular complexity index is 777. The summed E-state index contributed by atoms with van der Waals surface area (Å²) in [6.45, 7) is 3.48. The highest BCUT2D eigenvalue weighted by Crippen LogP contribution is 2.26. The molecule has 2 aromatic heterocycles. The summed E-state index contributed by atoms with van der Waals surface area (Å²) in [6, 6.07) is 5.13. The zero-order valence-corrected chi connectivity index (χ0v) is 12.5. The van der Waals surface area contributed by atoms with Crippen LogP contribution < -0.4 is 0 Å². The Hall–Kier alpha value is -2.76. The molecule has 1 atom stereocenters. The number of aromatic nitrogens is 1. The van der Waals surface area contributed by atoms with Crippen molar-refractivity contribution in [3.8, 4) is 0 Å². The molecule has 112 valence electrons. The van der Waals surface area contributed by atoms with E-state index < -0.39 is 5.92 Å². The summed E-state index contributed by atoms with van der Waals surface area (Å²) in [5.74, 6) is -0.418. The van der Waals surface area contributed by atoms with Crippen LogP contribution in [-0.2, 0) is 4.79 Å². The van der Waals surface area contributed by atoms with Crippen LogP contribution in [0.5, 0.6) is 0 Å². The highest BCUT2D eigenvalue weighted by Gasteiger charge is 2.41. The van der Waals surface area contributed by atoms with Gasteiger partial charge >= 0.3 is 0 Å². The van der Waals surface area contributed by atoms with Crippen LogP contribution >= 0.6 is 0 Å². The number of amides is 1. The standard InChI is InChI=1S/C16H15N3O3/c1-9-8-12(10(2)22-9)15(20)13-14(18-19(3)16(13)21)11-4-6-17-7-5-11/h4-8,13H,1-3H3/t13-/m1/s1. The lowest BCUT2D eigenvalue weighted by atomic mass is 9.90. The van der Waals surface area contributed by atoms with Crippen molar-refractivity contribution in [3.05, 3.63) is 53.2 Å². The molecule has 0 unspecified atom stereocenters. The molecule has 6 nitrogen and oxygen atoms in total. The average Bonchev–Trinajstić information content (AvgIpc) is 2.99. The maximum Gasteiger partial charge on any atom is 0.259 e. The van der Waals surface area contributed by atoms with E-state index in [9.17, 15) is 9.59 Å². The van der Waals surface area contributed by atoms with E-state index in [0.29, 0.717) is 28.4 Å². The van der Waals surface area contributed by atoms with Gasteiger partial charge in [0.15, 0.2) is 5.78 Å². The first-order valence-corrected chi connectivity index (χ1v) is 6.86. The van der Waals surface area contributed by atoms with Crippen LogP contribution in [0.3, 0.4) is 0 Å². The molecule has 0 saturated heterocycles. The summed E-state index contributed by atoms with van der Waals surface area (Å²) in [5, 5.41) is 5.43. The minimum Gasteiger partial charge on any atom is -0.466 e. The molecule has 0 fully saturated rings. The van der Waals surface area contributed by atoms with E-state index in [1.165, 1.54) is 5.01 Å². The Balaban J connectivity index is 2.04. The number of hydrazone groups is 1. The molecule has 6 heteroatoms. The Labute approximate surface area is 127 Å². The van der Waals surface area contributed by atoms with Crippen LogP contribution in [0.1, 0.15) is 27.4 Å². The molecule has 22 heavy (non-hydrogen) atoms. The number of rotatable bonds is 3. The number of hydrogen-bond donors (Lipinski definition) is 0. The van der Waals surface area contributed by atoms with Crippen molar-refractivity contribution in [1.82, 2.24) is 9.99 Å². The van der Waals surface area contributed by atoms with Crippen molar-refractivity contribution in [2.45, 2.75) is 13.8 Å². The van der Waals surface area contributed by atoms with Crippen LogP contribution in [0.15, 0.2) is 40.1 Å². The molecule has 0 radical (unpaired) electrons. The molecule has 1 amide bonds. The lowest BCUT2D eigenvalue weighted by Crippen LogP contribution is -2.32. The Morgan fingerprint density at radius 3 is 2.55 bits per heavy atom. The van der Waals surface area contributed by atoms with E-state index in [0.717, 1.165) is 0 Å². The minimum atomic E-state index is -0.942. The van der Waals surface area contributed by atoms with E-state index in [1.807, 2.05) is 0 Å². The Morgan fingerprint density at radius 2 is 1.95 bits per heavy atom. The highest BCUT2D eigenvalue weighted by atomic mass is 16.3. The van der Waals surface area contributed by atoms with Gasteiger partial charge in [0.1, 0.15) is 17.4 Å². The second-order valence-electron chi connectivity index (χ2n) is 5.21. The minimum absolute atomic E-state index is 0.292. The van der Waals surface area contributed by atoms with Gasteiger partial charge in [0, 0.05) is 25.0 Å². The van der Waals surface area contributed by atoms with Crippen LogP contribution in [0.2, 0.25) is 0 Å². The first-order valence-electron chi connectivity index (χ1n) is 6.86. The summed E-state index contributed by atoms with van der Waals surface area (Å²) >= 11 is 0. The molecule has 0 aromatic carbocycles. The first kappa shape index (κ1) is 14.2. The normalized spacial score (nSPS) is 17.8. The van der Waals surface area contributed by atoms with Crippen LogP contribution in [-0.4, -0.2) is 34.4 Å². The number of pyridine rings is 1. The third-order valence-corrected chi connectivity index (χ3v) is 3.64. The van der Waals surface area contributed by atoms with Gasteiger partial charge in [-0.3, -0.25) is 14.6 Å². The third kappa shape index (κ3) is 2.22. The van der Waals surface area contributed by atoms with Gasteiger partial charge in [-0.25, -0.2) is 5.01 Å². The second-order valence-corrected chi connectivity index (χ2v) is 5.21. The van der Waals surface area contributed by atoms with Crippen molar-refractivity contribution in [1.29, 1.82) is 0 Å². The van der Waals surface area contributed by atoms with Crippen molar-refractivity contribution in [2.24, 2.45) is 11.0 Å². The van der Waals surface area contributed by atoms with Gasteiger partial charge in [0.2, 0.25) is 0 Å². The number of carbonyl (C=O) groups excluding carboxylic acids is 2. The Kier molecular flexibility index (Phi) is 3.36. The summed E-state index contributed by atoms with van der Waals surface area (Å²) in [4.78, 5) is 29.1. The molecule has 1 aliphatic rings. The fourth-order valence-electron chi connectivity index (χ4n) is 2.59. The second kappa shape index (κ2) is 5.22. The molecule has 0 bridgehead atoms. The van der Waals surface area contributed by atoms with Gasteiger partial charge in [-0.1, -0.05) is 0 Å². The van der Waals surface area contributed by atoms with Crippen molar-refractivity contribution >= 4 is 17.4 Å². The molecular formula is C16H15N3O3. The van der Waals surface area contributed by atoms with Gasteiger partial charge < -0.3 is 4.42 Å². The molecule has 0 aliphatic carbocycles. The lowest BCUT2D eigenvalue weighted by molar-refractivity contribution is -0.129. The number of Topliss-reactive ketones (excluding diaryl/α,β-unsaturated/α-hetero) is 1. The lowest BCUT2D eigenvalue weighted by Gasteiger charge is -2.10. The van der Waals surface area contributed by atoms with Gasteiger partial charge in [-0.15, -0.1) is 0 Å². The number of ketones is 1. The summed E-state index contributed by atoms with van der Waals surface area (Å²) < 4.78 is 5.40. The summed E-state index contributed by atoms with van der Waals surface area (Å²) in [6.07, 6.45) is 3.21. The fourth-order valence-corrected chi connectivity index (χ4v) is 2.59. The quantitative estimate of drug-likeness (QED) is 0.641. The van der Waals surface area contributed by atoms with Gasteiger partial charge in [0.25, 0.3) is 5.91 Å². The van der Waals surface area contributed by atoms with E-state index >= 15 is 0 Å². The molecule has 3 rings (SSSR count). The number of aryl methyl sites for hydroxylation is 2. The smallest absolute Gasteiger partial charge is 0.259 e. The van der Waals surface area contributed by atoms with Crippen LogP contribution in [0.4, 0.5) is 0 Å². The largest absolute Gasteiger partial charge is 0.466 e. The number of furan rings is 1. The van der Waals surface area contributed by atoms with Crippen molar-refractivity contribution in [3.63, 3.8) is 0 Å². The first-order chi connectivity index (χ1) is 10.5. The van der Waals surface area contributed by atoms with Crippen LogP contribution in [0.25, 0.3) is 0 Å². The topological polar surface area (TPSA) is 75.8 Å².